The lowest BCUT2D eigenvalue weighted by Gasteiger charge is -2.22. The van der Waals surface area contributed by atoms with Crippen LogP contribution >= 0.6 is 0 Å². The molecule has 9 N–H and O–H groups in total. The van der Waals surface area contributed by atoms with Crippen LogP contribution in [0, 0.1) is 0 Å². The van der Waals surface area contributed by atoms with E-state index in [2.05, 4.69) is 0 Å². The van der Waals surface area contributed by atoms with E-state index in [1.165, 1.54) is 0 Å². The topological polar surface area (TPSA) is 245 Å². The van der Waals surface area contributed by atoms with Gasteiger partial charge in [0.15, 0.2) is 0 Å². The molecule has 0 aromatic heterocycles. The van der Waals surface area contributed by atoms with Crippen LogP contribution in [0.2, 0.25) is 0 Å². The Kier molecular flexibility index (Phi) is 10.1. The number of nitrogens with one attached hydrogen (secondary N) is 3. The van der Waals surface area contributed by atoms with Crippen molar-refractivity contribution in [3.63, 3.8) is 0 Å². The van der Waals surface area contributed by atoms with Crippen molar-refractivity contribution in [3.8, 4) is 0 Å². The molecule has 0 saturated carbocycles. The molecule has 0 aromatic carbocycles. The van der Waals surface area contributed by atoms with E-state index in [-0.39, 0.29) is 0 Å². The molecule has 14 heteroatoms. The predicted molar refractivity (Wildman–Crippen MR) is 88.7 cm³/mol. The van der Waals surface area contributed by atoms with Crippen molar-refractivity contribution in [2.45, 2.75) is 43.9 Å². The lowest BCUT2D eigenvalue weighted by Crippen LogP contribution is -2.58. The van der Waals surface area contributed by atoms with Crippen LogP contribution in [0.1, 0.15) is 19.8 Å². The molecule has 0 saturated heterocycles. The van der Waals surface area contributed by atoms with Crippen LogP contribution < -0.4 is 21.7 Å². The highest BCUT2D eigenvalue weighted by molar-refractivity contribution is 5.96. The Morgan fingerprint density at radius 3 is 1.68 bits per heavy atom. The van der Waals surface area contributed by atoms with Crippen molar-refractivity contribution >= 4 is 35.6 Å². The van der Waals surface area contributed by atoms with Gasteiger partial charge in [-0.1, -0.05) is 0 Å². The summed E-state index contributed by atoms with van der Waals surface area (Å²) in [4.78, 5) is 68.1. The zero-order valence-electron chi connectivity index (χ0n) is 14.7. The summed E-state index contributed by atoms with van der Waals surface area (Å²) < 4.78 is 0. The molecule has 28 heavy (non-hydrogen) atoms. The molecule has 3 amide bonds. The van der Waals surface area contributed by atoms with Gasteiger partial charge in [-0.2, -0.15) is 0 Å². The summed E-state index contributed by atoms with van der Waals surface area (Å²) in [5, 5.41) is 41.3. The number of carbonyl (C=O) groups excluding carboxylic acids is 3. The van der Waals surface area contributed by atoms with Gasteiger partial charge in [0.05, 0.1) is 25.5 Å². The molecular formula is C14H22N4O10. The summed E-state index contributed by atoms with van der Waals surface area (Å²) in [6.07, 6.45) is -1.70. The van der Waals surface area contributed by atoms with Crippen molar-refractivity contribution in [1.82, 2.24) is 16.0 Å². The zero-order valence-corrected chi connectivity index (χ0v) is 14.7. The number of aliphatic hydroxyl groups is 1. The SMILES string of the molecule is CC(NC(=O)C(CO)NC(=O)C(CC(=O)O)NC(=O)C(N)CC(=O)O)C(=O)O. The molecule has 14 nitrogen and oxygen atoms in total. The number of amides is 3. The van der Waals surface area contributed by atoms with Crippen molar-refractivity contribution in [2.75, 3.05) is 6.61 Å². The second-order valence-electron chi connectivity index (χ2n) is 5.68. The van der Waals surface area contributed by atoms with Gasteiger partial charge in [-0.3, -0.25) is 28.8 Å². The minimum Gasteiger partial charge on any atom is -0.481 e. The van der Waals surface area contributed by atoms with Gasteiger partial charge in [-0.15, -0.1) is 0 Å². The maximum atomic E-state index is 12.2. The minimum atomic E-state index is -1.73. The van der Waals surface area contributed by atoms with Crippen LogP contribution in [0.15, 0.2) is 0 Å². The normalized spacial score (nSPS) is 14.7. The summed E-state index contributed by atoms with van der Waals surface area (Å²) in [5.74, 6) is -7.64. The molecule has 0 heterocycles. The molecule has 0 bridgehead atoms. The number of aliphatic hydroxyl groups excluding tert-OH is 1. The molecular weight excluding hydrogens is 384 g/mol. The molecule has 4 unspecified atom stereocenters. The third-order valence-electron chi connectivity index (χ3n) is 3.29. The fraction of sp³-hybridized carbons (Fsp3) is 0.571. The average molecular weight is 406 g/mol. The number of carbonyl (C=O) groups is 6. The number of aliphatic carboxylic acids is 3. The number of nitrogens with two attached hydrogens (primary N) is 1. The van der Waals surface area contributed by atoms with E-state index < -0.39 is 79.2 Å². The molecule has 0 spiro atoms. The molecule has 0 aromatic rings. The first kappa shape index (κ1) is 24.7. The largest absolute Gasteiger partial charge is 0.481 e. The van der Waals surface area contributed by atoms with E-state index in [1.54, 1.807) is 0 Å². The van der Waals surface area contributed by atoms with E-state index in [9.17, 15) is 33.9 Å². The van der Waals surface area contributed by atoms with Crippen molar-refractivity contribution in [3.05, 3.63) is 0 Å². The zero-order chi connectivity index (χ0) is 22.0. The highest BCUT2D eigenvalue weighted by atomic mass is 16.4. The Morgan fingerprint density at radius 2 is 1.25 bits per heavy atom. The van der Waals surface area contributed by atoms with Crippen LogP contribution in [0.4, 0.5) is 0 Å². The third-order valence-corrected chi connectivity index (χ3v) is 3.29. The first-order chi connectivity index (χ1) is 12.9. The first-order valence-electron chi connectivity index (χ1n) is 7.83. The Balaban J connectivity index is 5.14. The number of hydrogen-bond donors (Lipinski definition) is 8. The van der Waals surface area contributed by atoms with Gasteiger partial charge >= 0.3 is 17.9 Å². The third kappa shape index (κ3) is 8.91. The van der Waals surface area contributed by atoms with Gasteiger partial charge in [0.25, 0.3) is 0 Å². The summed E-state index contributed by atoms with van der Waals surface area (Å²) >= 11 is 0. The summed E-state index contributed by atoms with van der Waals surface area (Å²) in [6.45, 7) is 0.184. The average Bonchev–Trinajstić information content (AvgIpc) is 2.57. The van der Waals surface area contributed by atoms with Gasteiger partial charge in [0.2, 0.25) is 17.7 Å². The number of hydrogen-bond acceptors (Lipinski definition) is 8. The van der Waals surface area contributed by atoms with Crippen LogP contribution in [0.3, 0.4) is 0 Å². The number of carboxylic acids is 3. The maximum absolute atomic E-state index is 12.2. The van der Waals surface area contributed by atoms with E-state index in [0.29, 0.717) is 0 Å². The van der Waals surface area contributed by atoms with Crippen LogP contribution in [0.5, 0.6) is 0 Å². The first-order valence-corrected chi connectivity index (χ1v) is 7.83. The molecule has 0 aliphatic rings. The van der Waals surface area contributed by atoms with Gasteiger partial charge < -0.3 is 42.1 Å². The maximum Gasteiger partial charge on any atom is 0.325 e. The second kappa shape index (κ2) is 11.5. The number of carboxylic acid groups (broad SMARTS) is 3. The molecule has 0 fully saturated rings. The molecule has 0 aliphatic heterocycles. The van der Waals surface area contributed by atoms with Gasteiger partial charge in [0.1, 0.15) is 18.1 Å². The minimum absolute atomic E-state index is 0.776. The van der Waals surface area contributed by atoms with Gasteiger partial charge in [0, 0.05) is 0 Å². The van der Waals surface area contributed by atoms with Crippen LogP contribution in [-0.4, -0.2) is 86.8 Å². The molecule has 0 radical (unpaired) electrons. The standard InChI is InChI=1S/C14H22N4O10/c1-5(14(27)28)16-13(26)8(4-19)18-12(25)7(3-10(22)23)17-11(24)6(15)2-9(20)21/h5-8,19H,2-4,15H2,1H3,(H,16,26)(H,17,24)(H,18,25)(H,20,21)(H,22,23)(H,27,28). The lowest BCUT2D eigenvalue weighted by atomic mass is 10.1. The molecule has 0 aliphatic carbocycles. The molecule has 0 rings (SSSR count). The quantitative estimate of drug-likeness (QED) is 0.154. The smallest absolute Gasteiger partial charge is 0.325 e. The van der Waals surface area contributed by atoms with E-state index >= 15 is 0 Å². The Labute approximate surface area is 158 Å². The van der Waals surface area contributed by atoms with Gasteiger partial charge in [-0.05, 0) is 6.92 Å². The predicted octanol–water partition coefficient (Wildman–Crippen LogP) is -4.19. The highest BCUT2D eigenvalue weighted by Gasteiger charge is 2.30. The lowest BCUT2D eigenvalue weighted by molar-refractivity contribution is -0.143. The summed E-state index contributed by atoms with van der Waals surface area (Å²) in [7, 11) is 0. The van der Waals surface area contributed by atoms with Crippen molar-refractivity contribution in [1.29, 1.82) is 0 Å². The Hall–Kier alpha value is -3.26. The Morgan fingerprint density at radius 1 is 0.786 bits per heavy atom. The molecule has 4 atom stereocenters. The fourth-order valence-corrected chi connectivity index (χ4v) is 1.79. The highest BCUT2D eigenvalue weighted by Crippen LogP contribution is 1.98. The monoisotopic (exact) mass is 406 g/mol. The van der Waals surface area contributed by atoms with Crippen molar-refractivity contribution in [2.24, 2.45) is 5.73 Å². The Bertz CT molecular complexity index is 638. The fourth-order valence-electron chi connectivity index (χ4n) is 1.79. The second-order valence-corrected chi connectivity index (χ2v) is 5.68. The molecule has 158 valence electrons. The van der Waals surface area contributed by atoms with E-state index in [0.717, 1.165) is 6.92 Å². The van der Waals surface area contributed by atoms with E-state index in [1.807, 2.05) is 16.0 Å². The van der Waals surface area contributed by atoms with E-state index in [4.69, 9.17) is 21.1 Å². The van der Waals surface area contributed by atoms with Crippen LogP contribution in [-0.2, 0) is 28.8 Å². The number of rotatable bonds is 12. The summed E-state index contributed by atoms with van der Waals surface area (Å²) in [5.41, 5.74) is 5.32. The van der Waals surface area contributed by atoms with Gasteiger partial charge in [-0.25, -0.2) is 0 Å². The summed E-state index contributed by atoms with van der Waals surface area (Å²) in [6, 6.07) is -6.25. The van der Waals surface area contributed by atoms with Crippen LogP contribution in [0.25, 0.3) is 0 Å². The van der Waals surface area contributed by atoms with Crippen molar-refractivity contribution < 1.29 is 49.2 Å².